The van der Waals surface area contributed by atoms with Gasteiger partial charge in [0, 0.05) is 31.1 Å². The van der Waals surface area contributed by atoms with Gasteiger partial charge in [-0.05, 0) is 31.2 Å². The topological polar surface area (TPSA) is 29.3 Å². The second kappa shape index (κ2) is 9.68. The predicted octanol–water partition coefficient (Wildman–Crippen LogP) is 4.32. The average molecular weight is 357 g/mol. The van der Waals surface area contributed by atoms with Crippen molar-refractivity contribution in [3.05, 3.63) is 48.0 Å². The molecule has 0 aromatic heterocycles. The summed E-state index contributed by atoms with van der Waals surface area (Å²) >= 11 is 0. The van der Waals surface area contributed by atoms with E-state index in [-0.39, 0.29) is 30.2 Å². The van der Waals surface area contributed by atoms with Crippen molar-refractivity contribution in [2.75, 3.05) is 19.6 Å². The summed E-state index contributed by atoms with van der Waals surface area (Å²) in [4.78, 5) is 2.72. The summed E-state index contributed by atoms with van der Waals surface area (Å²) < 4.78 is 0. The fourth-order valence-corrected chi connectivity index (χ4v) is 4.36. The predicted molar refractivity (Wildman–Crippen MR) is 104 cm³/mol. The normalized spacial score (nSPS) is 28.3. The van der Waals surface area contributed by atoms with Crippen molar-refractivity contribution in [1.29, 1.82) is 0 Å². The number of nitrogens with zero attached hydrogens (tertiary/aromatic N) is 1. The van der Waals surface area contributed by atoms with E-state index in [0.717, 1.165) is 6.54 Å². The molecular weight excluding hydrogens is 327 g/mol. The maximum absolute atomic E-state index is 6.36. The number of hydrogen-bond donors (Lipinski definition) is 1. The molecule has 0 amide bonds. The minimum absolute atomic E-state index is 0. The molecule has 2 nitrogen and oxygen atoms in total. The van der Waals surface area contributed by atoms with Crippen molar-refractivity contribution >= 4 is 24.8 Å². The largest absolute Gasteiger partial charge is 0.330 e. The third-order valence-corrected chi connectivity index (χ3v) is 5.47. The van der Waals surface area contributed by atoms with Crippen molar-refractivity contribution in [3.8, 4) is 0 Å². The Bertz CT molecular complexity index is 468. The van der Waals surface area contributed by atoms with Crippen molar-refractivity contribution in [3.63, 3.8) is 0 Å². The molecule has 0 spiro atoms. The fraction of sp³-hybridized carbons (Fsp3) is 0.579. The minimum atomic E-state index is 0. The van der Waals surface area contributed by atoms with Crippen molar-refractivity contribution in [2.24, 2.45) is 5.73 Å². The highest BCUT2D eigenvalue weighted by Crippen LogP contribution is 2.41. The molecule has 4 heteroatoms. The molecule has 130 valence electrons. The molecule has 0 radical (unpaired) electrons. The number of rotatable bonds is 3. The van der Waals surface area contributed by atoms with Gasteiger partial charge >= 0.3 is 0 Å². The maximum atomic E-state index is 6.36. The molecule has 1 aromatic rings. The summed E-state index contributed by atoms with van der Waals surface area (Å²) in [6.45, 7) is 3.15. The second-order valence-electron chi connectivity index (χ2n) is 6.57. The Morgan fingerprint density at radius 3 is 2.26 bits per heavy atom. The van der Waals surface area contributed by atoms with Gasteiger partial charge in [0.2, 0.25) is 0 Å². The molecule has 2 unspecified atom stereocenters. The minimum Gasteiger partial charge on any atom is -0.330 e. The van der Waals surface area contributed by atoms with Crippen LogP contribution in [-0.4, -0.2) is 30.6 Å². The summed E-state index contributed by atoms with van der Waals surface area (Å²) in [7, 11) is 0. The first-order valence-electron chi connectivity index (χ1n) is 8.51. The van der Waals surface area contributed by atoms with Crippen LogP contribution in [0.25, 0.3) is 0 Å². The maximum Gasteiger partial charge on any atom is 0.0231 e. The van der Waals surface area contributed by atoms with Crippen LogP contribution in [0.5, 0.6) is 0 Å². The van der Waals surface area contributed by atoms with Crippen LogP contribution in [0, 0.1) is 0 Å². The van der Waals surface area contributed by atoms with Gasteiger partial charge in [0.05, 0.1) is 0 Å². The van der Waals surface area contributed by atoms with Crippen molar-refractivity contribution in [2.45, 2.75) is 50.0 Å². The van der Waals surface area contributed by atoms with E-state index in [4.69, 9.17) is 5.73 Å². The summed E-state index contributed by atoms with van der Waals surface area (Å²) in [6.07, 6.45) is 12.3. The first kappa shape index (κ1) is 20.5. The van der Waals surface area contributed by atoms with E-state index in [1.54, 1.807) is 0 Å². The summed E-state index contributed by atoms with van der Waals surface area (Å²) in [5.74, 6) is 0. The molecule has 2 atom stereocenters. The number of benzene rings is 1. The third-order valence-electron chi connectivity index (χ3n) is 5.47. The molecule has 0 bridgehead atoms. The molecular formula is C19H30Cl2N2. The van der Waals surface area contributed by atoms with Crippen molar-refractivity contribution in [1.82, 2.24) is 4.90 Å². The summed E-state index contributed by atoms with van der Waals surface area (Å²) in [6, 6.07) is 11.6. The number of halogens is 2. The van der Waals surface area contributed by atoms with Crippen LogP contribution in [0.4, 0.5) is 0 Å². The van der Waals surface area contributed by atoms with Gasteiger partial charge in [-0.2, -0.15) is 0 Å². The number of hydrogen-bond acceptors (Lipinski definition) is 2. The van der Waals surface area contributed by atoms with Crippen LogP contribution < -0.4 is 5.73 Å². The SMILES string of the molecule is Cl.Cl.NCC1(c2ccccc2)CCCCC1N1CCC=CCC1. The molecule has 1 heterocycles. The zero-order chi connectivity index (χ0) is 14.5. The van der Waals surface area contributed by atoms with Gasteiger partial charge in [0.25, 0.3) is 0 Å². The zero-order valence-corrected chi connectivity index (χ0v) is 15.5. The van der Waals surface area contributed by atoms with Gasteiger partial charge in [-0.25, -0.2) is 0 Å². The lowest BCUT2D eigenvalue weighted by Crippen LogP contribution is -2.56. The molecule has 1 saturated carbocycles. The van der Waals surface area contributed by atoms with Crippen LogP contribution in [0.2, 0.25) is 0 Å². The Morgan fingerprint density at radius 1 is 1.00 bits per heavy atom. The van der Waals surface area contributed by atoms with Crippen LogP contribution in [0.1, 0.15) is 44.1 Å². The molecule has 0 saturated heterocycles. The standard InChI is InChI=1S/C19H28N2.2ClH/c20-16-19(17-10-4-3-5-11-17)13-7-6-12-18(19)21-14-8-1-2-9-15-21;;/h1-5,10-11,18H,6-9,12-16,20H2;2*1H. The fourth-order valence-electron chi connectivity index (χ4n) is 4.36. The lowest BCUT2D eigenvalue weighted by Gasteiger charge is -2.49. The quantitative estimate of drug-likeness (QED) is 0.817. The Labute approximate surface area is 153 Å². The third kappa shape index (κ3) is 4.30. The van der Waals surface area contributed by atoms with E-state index >= 15 is 0 Å². The first-order valence-corrected chi connectivity index (χ1v) is 8.51. The molecule has 2 aliphatic rings. The Hall–Kier alpha value is -0.540. The van der Waals surface area contributed by atoms with Gasteiger partial charge < -0.3 is 5.73 Å². The van der Waals surface area contributed by atoms with E-state index in [1.807, 2.05) is 0 Å². The van der Waals surface area contributed by atoms with Crippen LogP contribution in [-0.2, 0) is 5.41 Å². The Kier molecular flexibility index (Phi) is 8.63. The zero-order valence-electron chi connectivity index (χ0n) is 13.8. The number of nitrogens with two attached hydrogens (primary N) is 1. The lowest BCUT2D eigenvalue weighted by atomic mass is 9.65. The molecule has 1 aromatic carbocycles. The molecule has 1 fully saturated rings. The first-order chi connectivity index (χ1) is 10.4. The lowest BCUT2D eigenvalue weighted by molar-refractivity contribution is 0.0845. The van der Waals surface area contributed by atoms with Gasteiger partial charge in [-0.15, -0.1) is 24.8 Å². The second-order valence-corrected chi connectivity index (χ2v) is 6.57. The average Bonchev–Trinajstić information content (AvgIpc) is 2.84. The molecule has 2 N–H and O–H groups in total. The van der Waals surface area contributed by atoms with Crippen LogP contribution in [0.15, 0.2) is 42.5 Å². The van der Waals surface area contributed by atoms with E-state index in [9.17, 15) is 0 Å². The van der Waals surface area contributed by atoms with E-state index in [0.29, 0.717) is 6.04 Å². The van der Waals surface area contributed by atoms with Gasteiger partial charge in [-0.3, -0.25) is 4.90 Å². The molecule has 3 rings (SSSR count). The van der Waals surface area contributed by atoms with E-state index in [1.165, 1.54) is 57.2 Å². The Morgan fingerprint density at radius 2 is 1.65 bits per heavy atom. The molecule has 1 aliphatic carbocycles. The molecule has 23 heavy (non-hydrogen) atoms. The van der Waals surface area contributed by atoms with Crippen LogP contribution in [0.3, 0.4) is 0 Å². The van der Waals surface area contributed by atoms with Gasteiger partial charge in [0.15, 0.2) is 0 Å². The monoisotopic (exact) mass is 356 g/mol. The summed E-state index contributed by atoms with van der Waals surface area (Å²) in [5, 5.41) is 0. The van der Waals surface area contributed by atoms with Gasteiger partial charge in [0.1, 0.15) is 0 Å². The highest BCUT2D eigenvalue weighted by Gasteiger charge is 2.43. The van der Waals surface area contributed by atoms with Crippen LogP contribution >= 0.6 is 24.8 Å². The van der Waals surface area contributed by atoms with Gasteiger partial charge in [-0.1, -0.05) is 55.3 Å². The summed E-state index contributed by atoms with van der Waals surface area (Å²) in [5.41, 5.74) is 7.97. The molecule has 1 aliphatic heterocycles. The smallest absolute Gasteiger partial charge is 0.0231 e. The van der Waals surface area contributed by atoms with Crippen molar-refractivity contribution < 1.29 is 0 Å². The Balaban J connectivity index is 0.00000132. The van der Waals surface area contributed by atoms with E-state index < -0.39 is 0 Å². The van der Waals surface area contributed by atoms with E-state index in [2.05, 4.69) is 47.4 Å². The highest BCUT2D eigenvalue weighted by atomic mass is 35.5. The highest BCUT2D eigenvalue weighted by molar-refractivity contribution is 5.85.